The van der Waals surface area contributed by atoms with Gasteiger partial charge in [-0.3, -0.25) is 4.79 Å². The van der Waals surface area contributed by atoms with E-state index in [2.05, 4.69) is 0 Å². The molecular weight excluding hydrogens is 102 g/mol. The van der Waals surface area contributed by atoms with E-state index in [0.717, 1.165) is 5.57 Å². The zero-order chi connectivity index (χ0) is 6.15. The van der Waals surface area contributed by atoms with Crippen LogP contribution in [0.15, 0.2) is 11.8 Å². The van der Waals surface area contributed by atoms with Crippen molar-refractivity contribution in [1.82, 2.24) is 4.90 Å². The van der Waals surface area contributed by atoms with Gasteiger partial charge < -0.3 is 4.90 Å². The maximum atomic E-state index is 10.3. The lowest BCUT2D eigenvalue weighted by molar-refractivity contribution is -0.108. The van der Waals surface area contributed by atoms with Gasteiger partial charge in [0.1, 0.15) is 0 Å². The molecule has 0 radical (unpaired) electrons. The molecule has 1 saturated carbocycles. The summed E-state index contributed by atoms with van der Waals surface area (Å²) in [7, 11) is 3.83. The van der Waals surface area contributed by atoms with E-state index in [4.69, 9.17) is 0 Å². The second-order valence-electron chi connectivity index (χ2n) is 2.22. The molecule has 2 nitrogen and oxygen atoms in total. The molecule has 1 rings (SSSR count). The maximum Gasteiger partial charge on any atom is 0.165 e. The number of Topliss-reactive ketones (excluding diaryl/α,β-unsaturated/α-hetero) is 1. The summed E-state index contributed by atoms with van der Waals surface area (Å²) in [5.41, 5.74) is 0.954. The molecule has 0 aromatic heterocycles. The van der Waals surface area contributed by atoms with Crippen molar-refractivity contribution >= 4 is 5.78 Å². The highest BCUT2D eigenvalue weighted by Crippen LogP contribution is 2.21. The molecule has 0 aromatic rings. The molecule has 2 heteroatoms. The molecule has 0 spiro atoms. The summed E-state index contributed by atoms with van der Waals surface area (Å²) in [5.74, 6) is 0.290. The average molecular weight is 111 g/mol. The molecule has 0 bridgehead atoms. The fourth-order valence-corrected chi connectivity index (χ4v) is 0.558. The smallest absolute Gasteiger partial charge is 0.165 e. The number of hydrogen-bond donors (Lipinski definition) is 0. The molecule has 0 N–H and O–H groups in total. The zero-order valence-electron chi connectivity index (χ0n) is 5.14. The predicted molar refractivity (Wildman–Crippen MR) is 31.4 cm³/mol. The molecule has 8 heavy (non-hydrogen) atoms. The van der Waals surface area contributed by atoms with Crippen LogP contribution in [0.5, 0.6) is 0 Å². The average Bonchev–Trinajstić information content (AvgIpc) is 2.17. The molecular formula is C6H9NO. The first kappa shape index (κ1) is 5.35. The van der Waals surface area contributed by atoms with E-state index in [0.29, 0.717) is 12.2 Å². The third-order valence-electron chi connectivity index (χ3n) is 0.998. The van der Waals surface area contributed by atoms with E-state index in [1.165, 1.54) is 0 Å². The summed E-state index contributed by atoms with van der Waals surface area (Å²) in [5, 5.41) is 0. The fourth-order valence-electron chi connectivity index (χ4n) is 0.558. The highest BCUT2D eigenvalue weighted by molar-refractivity contribution is 6.13. The van der Waals surface area contributed by atoms with Crippen LogP contribution in [0.2, 0.25) is 0 Å². The standard InChI is InChI=1S/C6H9NO/c1-7(2)4-5-3-6(5)8/h4H,3H2,1-2H3/b5-4-. The minimum Gasteiger partial charge on any atom is -0.383 e. The largest absolute Gasteiger partial charge is 0.383 e. The van der Waals surface area contributed by atoms with Gasteiger partial charge in [-0.05, 0) is 0 Å². The first-order valence-electron chi connectivity index (χ1n) is 2.60. The van der Waals surface area contributed by atoms with Gasteiger partial charge in [0.15, 0.2) is 5.78 Å². The maximum absolute atomic E-state index is 10.3. The van der Waals surface area contributed by atoms with Gasteiger partial charge >= 0.3 is 0 Å². The molecule has 0 amide bonds. The van der Waals surface area contributed by atoms with Crippen molar-refractivity contribution in [3.05, 3.63) is 11.8 Å². The Morgan fingerprint density at radius 3 is 2.25 bits per heavy atom. The van der Waals surface area contributed by atoms with Crippen molar-refractivity contribution in [1.29, 1.82) is 0 Å². The van der Waals surface area contributed by atoms with Gasteiger partial charge in [-0.15, -0.1) is 0 Å². The molecule has 0 atom stereocenters. The summed E-state index contributed by atoms with van der Waals surface area (Å²) >= 11 is 0. The van der Waals surface area contributed by atoms with Gasteiger partial charge in [-0.25, -0.2) is 0 Å². The Hall–Kier alpha value is -0.790. The Labute approximate surface area is 48.8 Å². The monoisotopic (exact) mass is 111 g/mol. The van der Waals surface area contributed by atoms with Crippen LogP contribution in [0.25, 0.3) is 0 Å². The Morgan fingerprint density at radius 1 is 1.62 bits per heavy atom. The van der Waals surface area contributed by atoms with Crippen molar-refractivity contribution in [3.63, 3.8) is 0 Å². The highest BCUT2D eigenvalue weighted by atomic mass is 16.1. The van der Waals surface area contributed by atoms with E-state index in [9.17, 15) is 4.79 Å². The molecule has 1 aliphatic carbocycles. The van der Waals surface area contributed by atoms with Crippen molar-refractivity contribution in [2.75, 3.05) is 14.1 Å². The molecule has 1 fully saturated rings. The molecule has 0 heterocycles. The van der Waals surface area contributed by atoms with Crippen molar-refractivity contribution < 1.29 is 4.79 Å². The van der Waals surface area contributed by atoms with Gasteiger partial charge in [0.2, 0.25) is 0 Å². The van der Waals surface area contributed by atoms with Crippen LogP contribution in [0.1, 0.15) is 6.42 Å². The van der Waals surface area contributed by atoms with Crippen molar-refractivity contribution in [2.45, 2.75) is 6.42 Å². The van der Waals surface area contributed by atoms with Gasteiger partial charge in [0.05, 0.1) is 0 Å². The van der Waals surface area contributed by atoms with E-state index < -0.39 is 0 Å². The zero-order valence-corrected chi connectivity index (χ0v) is 5.14. The summed E-state index contributed by atoms with van der Waals surface area (Å²) in [4.78, 5) is 12.2. The summed E-state index contributed by atoms with van der Waals surface area (Å²) in [6, 6.07) is 0. The topological polar surface area (TPSA) is 20.3 Å². The van der Waals surface area contributed by atoms with E-state index in [-0.39, 0.29) is 0 Å². The highest BCUT2D eigenvalue weighted by Gasteiger charge is 2.25. The summed E-state index contributed by atoms with van der Waals surface area (Å²) in [6.07, 6.45) is 2.54. The van der Waals surface area contributed by atoms with Crippen LogP contribution < -0.4 is 0 Å². The van der Waals surface area contributed by atoms with Gasteiger partial charge in [-0.2, -0.15) is 0 Å². The minimum absolute atomic E-state index is 0.290. The Bertz CT molecular complexity index is 147. The number of ketones is 1. The minimum atomic E-state index is 0.290. The van der Waals surface area contributed by atoms with E-state index in [1.807, 2.05) is 25.2 Å². The number of carbonyl (C=O) groups excluding carboxylic acids is 1. The number of rotatable bonds is 1. The van der Waals surface area contributed by atoms with Crippen LogP contribution >= 0.6 is 0 Å². The number of allylic oxidation sites excluding steroid dienone is 1. The van der Waals surface area contributed by atoms with Crippen LogP contribution in [0.4, 0.5) is 0 Å². The Morgan fingerprint density at radius 2 is 2.12 bits per heavy atom. The lowest BCUT2D eigenvalue weighted by Gasteiger charge is -2.00. The van der Waals surface area contributed by atoms with Gasteiger partial charge in [0, 0.05) is 32.3 Å². The lowest BCUT2D eigenvalue weighted by atomic mass is 10.6. The molecule has 0 aromatic carbocycles. The van der Waals surface area contributed by atoms with Crippen LogP contribution in [0.3, 0.4) is 0 Å². The van der Waals surface area contributed by atoms with Gasteiger partial charge in [-0.1, -0.05) is 0 Å². The number of carbonyl (C=O) groups is 1. The molecule has 1 aliphatic rings. The molecule has 0 unspecified atom stereocenters. The van der Waals surface area contributed by atoms with Crippen molar-refractivity contribution in [3.8, 4) is 0 Å². The first-order chi connectivity index (χ1) is 3.70. The summed E-state index contributed by atoms with van der Waals surface area (Å²) in [6.45, 7) is 0. The third kappa shape index (κ3) is 1.09. The quantitative estimate of drug-likeness (QED) is 0.457. The van der Waals surface area contributed by atoms with Crippen LogP contribution in [0, 0.1) is 0 Å². The van der Waals surface area contributed by atoms with Crippen LogP contribution in [-0.4, -0.2) is 24.8 Å². The number of hydrogen-bond acceptors (Lipinski definition) is 2. The normalized spacial score (nSPS) is 21.8. The molecule has 44 valence electrons. The molecule has 0 aliphatic heterocycles. The van der Waals surface area contributed by atoms with Crippen molar-refractivity contribution in [2.24, 2.45) is 0 Å². The third-order valence-corrected chi connectivity index (χ3v) is 0.998. The second-order valence-corrected chi connectivity index (χ2v) is 2.22. The second kappa shape index (κ2) is 1.62. The molecule has 0 saturated heterocycles. The SMILES string of the molecule is CN(C)/C=C1/CC1=O. The fraction of sp³-hybridized carbons (Fsp3) is 0.500. The Balaban J connectivity index is 2.47. The Kier molecular flexibility index (Phi) is 1.08. The predicted octanol–water partition coefficient (Wildman–Crippen LogP) is 0.405. The van der Waals surface area contributed by atoms with E-state index >= 15 is 0 Å². The van der Waals surface area contributed by atoms with E-state index in [1.54, 1.807) is 0 Å². The van der Waals surface area contributed by atoms with Crippen LogP contribution in [-0.2, 0) is 4.79 Å². The lowest BCUT2D eigenvalue weighted by Crippen LogP contribution is -1.99. The first-order valence-corrected chi connectivity index (χ1v) is 2.60. The van der Waals surface area contributed by atoms with Gasteiger partial charge in [0.25, 0.3) is 0 Å². The summed E-state index contributed by atoms with van der Waals surface area (Å²) < 4.78 is 0. The number of nitrogens with zero attached hydrogens (tertiary/aromatic N) is 1.